The Bertz CT molecular complexity index is 339. The molecule has 5 nitrogen and oxygen atoms in total. The molecule has 0 amide bonds. The number of carbonyl (C=O) groups is 1. The molecule has 14 heavy (non-hydrogen) atoms. The smallest absolute Gasteiger partial charge is 0.180 e. The Hall–Kier alpha value is -1.14. The summed E-state index contributed by atoms with van der Waals surface area (Å²) in [6.07, 6.45) is 0.558. The molecule has 7 heteroatoms. The second kappa shape index (κ2) is 5.56. The van der Waals surface area contributed by atoms with E-state index in [1.165, 1.54) is 11.3 Å². The first-order chi connectivity index (χ1) is 6.77. The van der Waals surface area contributed by atoms with Gasteiger partial charge in [-0.3, -0.25) is 4.79 Å². The van der Waals surface area contributed by atoms with Gasteiger partial charge in [0.15, 0.2) is 17.1 Å². The lowest BCUT2D eigenvalue weighted by atomic mass is 10.3. The standard InChI is InChI=1S/C7H8ClN3O2S/c8-1-2-13-11-5(3-12)6-4-14-7(9)10-6/h3-4H,1-2H2,(H2,9,10). The van der Waals surface area contributed by atoms with Crippen LogP contribution in [0.3, 0.4) is 0 Å². The normalized spacial score (nSPS) is 11.4. The first-order valence-corrected chi connectivity index (χ1v) is 5.12. The summed E-state index contributed by atoms with van der Waals surface area (Å²) in [6, 6.07) is 0. The molecule has 1 heterocycles. The van der Waals surface area contributed by atoms with Crippen LogP contribution in [0.2, 0.25) is 0 Å². The predicted octanol–water partition coefficient (Wildman–Crippen LogP) is 0.884. The molecule has 0 aliphatic heterocycles. The molecule has 1 aromatic heterocycles. The van der Waals surface area contributed by atoms with Gasteiger partial charge in [-0.25, -0.2) is 4.98 Å². The van der Waals surface area contributed by atoms with Gasteiger partial charge in [0.2, 0.25) is 0 Å². The van der Waals surface area contributed by atoms with Crippen LogP contribution in [0, 0.1) is 0 Å². The fraction of sp³-hybridized carbons (Fsp3) is 0.286. The largest absolute Gasteiger partial charge is 0.394 e. The van der Waals surface area contributed by atoms with Gasteiger partial charge in [-0.15, -0.1) is 22.9 Å². The van der Waals surface area contributed by atoms with Gasteiger partial charge in [0.1, 0.15) is 12.3 Å². The molecule has 1 aromatic rings. The van der Waals surface area contributed by atoms with Crippen molar-refractivity contribution in [3.63, 3.8) is 0 Å². The summed E-state index contributed by atoms with van der Waals surface area (Å²) in [5.74, 6) is 0.314. The van der Waals surface area contributed by atoms with Crippen molar-refractivity contribution in [2.75, 3.05) is 18.2 Å². The summed E-state index contributed by atoms with van der Waals surface area (Å²) in [7, 11) is 0. The number of halogens is 1. The number of hydrogen-bond acceptors (Lipinski definition) is 6. The van der Waals surface area contributed by atoms with E-state index >= 15 is 0 Å². The SMILES string of the molecule is Nc1nc(C(C=O)=NOCCCl)cs1. The molecule has 2 N–H and O–H groups in total. The highest BCUT2D eigenvalue weighted by atomic mass is 35.5. The van der Waals surface area contributed by atoms with Gasteiger partial charge in [-0.2, -0.15) is 0 Å². The van der Waals surface area contributed by atoms with Crippen molar-refractivity contribution in [3.8, 4) is 0 Å². The number of thiazole rings is 1. The van der Waals surface area contributed by atoms with Crippen LogP contribution in [0.4, 0.5) is 5.13 Å². The van der Waals surface area contributed by atoms with E-state index in [2.05, 4.69) is 10.1 Å². The fourth-order valence-electron chi connectivity index (χ4n) is 0.684. The number of aldehydes is 1. The van der Waals surface area contributed by atoms with Crippen molar-refractivity contribution in [2.45, 2.75) is 0 Å². The minimum atomic E-state index is 0.114. The molecule has 0 bridgehead atoms. The highest BCUT2D eigenvalue weighted by molar-refractivity contribution is 7.13. The topological polar surface area (TPSA) is 77.6 Å². The van der Waals surface area contributed by atoms with Crippen LogP contribution >= 0.6 is 22.9 Å². The average molecular weight is 234 g/mol. The molecule has 0 spiro atoms. The van der Waals surface area contributed by atoms with E-state index in [0.717, 1.165) is 0 Å². The number of hydrogen-bond donors (Lipinski definition) is 1. The summed E-state index contributed by atoms with van der Waals surface area (Å²) in [5, 5.41) is 5.58. The Labute approximate surface area is 89.5 Å². The van der Waals surface area contributed by atoms with Crippen LogP contribution in [0.25, 0.3) is 0 Å². The van der Waals surface area contributed by atoms with Crippen molar-refractivity contribution in [3.05, 3.63) is 11.1 Å². The van der Waals surface area contributed by atoms with E-state index in [1.54, 1.807) is 5.38 Å². The van der Waals surface area contributed by atoms with Gasteiger partial charge in [0.05, 0.1) is 5.88 Å². The summed E-state index contributed by atoms with van der Waals surface area (Å²) >= 11 is 6.59. The number of nitrogens with zero attached hydrogens (tertiary/aromatic N) is 2. The fourth-order valence-corrected chi connectivity index (χ4v) is 1.31. The van der Waals surface area contributed by atoms with Gasteiger partial charge < -0.3 is 10.6 Å². The Morgan fingerprint density at radius 2 is 2.64 bits per heavy atom. The third-order valence-corrected chi connectivity index (χ3v) is 2.06. The Balaban J connectivity index is 2.71. The van der Waals surface area contributed by atoms with E-state index in [-0.39, 0.29) is 12.3 Å². The lowest BCUT2D eigenvalue weighted by Gasteiger charge is -1.95. The summed E-state index contributed by atoms with van der Waals surface area (Å²) in [6.45, 7) is 0.249. The maximum atomic E-state index is 10.6. The molecular weight excluding hydrogens is 226 g/mol. The minimum Gasteiger partial charge on any atom is -0.394 e. The highest BCUT2D eigenvalue weighted by Gasteiger charge is 2.07. The van der Waals surface area contributed by atoms with E-state index < -0.39 is 0 Å². The molecule has 0 aliphatic carbocycles. The Kier molecular flexibility index (Phi) is 4.34. The van der Waals surface area contributed by atoms with Crippen LogP contribution in [0.5, 0.6) is 0 Å². The van der Waals surface area contributed by atoms with Crippen LogP contribution in [0.1, 0.15) is 5.69 Å². The number of alkyl halides is 1. The molecule has 1 rings (SSSR count). The second-order valence-electron chi connectivity index (χ2n) is 2.19. The number of nitrogen functional groups attached to an aromatic ring is 1. The molecule has 76 valence electrons. The first-order valence-electron chi connectivity index (χ1n) is 3.70. The third-order valence-electron chi connectivity index (χ3n) is 1.23. The first kappa shape index (κ1) is 10.9. The lowest BCUT2D eigenvalue weighted by molar-refractivity contribution is -0.102. The number of nitrogens with two attached hydrogens (primary N) is 1. The zero-order valence-electron chi connectivity index (χ0n) is 7.14. The molecule has 0 aromatic carbocycles. The molecule has 0 fully saturated rings. The van der Waals surface area contributed by atoms with Crippen molar-refractivity contribution < 1.29 is 9.63 Å². The van der Waals surface area contributed by atoms with Gasteiger partial charge in [-0.1, -0.05) is 5.16 Å². The van der Waals surface area contributed by atoms with Gasteiger partial charge >= 0.3 is 0 Å². The van der Waals surface area contributed by atoms with Gasteiger partial charge in [-0.05, 0) is 0 Å². The number of oxime groups is 1. The Morgan fingerprint density at radius 3 is 3.14 bits per heavy atom. The van der Waals surface area contributed by atoms with Crippen LogP contribution in [-0.2, 0) is 9.63 Å². The molecule has 0 aliphatic rings. The van der Waals surface area contributed by atoms with Gasteiger partial charge in [0, 0.05) is 5.38 Å². The van der Waals surface area contributed by atoms with Crippen LogP contribution < -0.4 is 5.73 Å². The third kappa shape index (κ3) is 2.97. The van der Waals surface area contributed by atoms with Crippen LogP contribution in [0.15, 0.2) is 10.5 Å². The van der Waals surface area contributed by atoms with Crippen molar-refractivity contribution in [1.29, 1.82) is 0 Å². The van der Waals surface area contributed by atoms with Crippen molar-refractivity contribution in [1.82, 2.24) is 4.98 Å². The van der Waals surface area contributed by atoms with Crippen LogP contribution in [-0.4, -0.2) is 29.5 Å². The molecule has 0 radical (unpaired) electrons. The number of carbonyl (C=O) groups excluding carboxylic acids is 1. The van der Waals surface area contributed by atoms with Gasteiger partial charge in [0.25, 0.3) is 0 Å². The average Bonchev–Trinajstić information content (AvgIpc) is 2.60. The minimum absolute atomic E-state index is 0.114. The number of anilines is 1. The summed E-state index contributed by atoms with van der Waals surface area (Å²) in [5.41, 5.74) is 5.93. The second-order valence-corrected chi connectivity index (χ2v) is 3.46. The maximum absolute atomic E-state index is 10.6. The highest BCUT2D eigenvalue weighted by Crippen LogP contribution is 2.11. The molecule has 0 atom stereocenters. The zero-order chi connectivity index (χ0) is 10.4. The molecule has 0 unspecified atom stereocenters. The van der Waals surface area contributed by atoms with E-state index in [0.29, 0.717) is 23.0 Å². The lowest BCUT2D eigenvalue weighted by Crippen LogP contribution is -2.05. The Morgan fingerprint density at radius 1 is 1.86 bits per heavy atom. The molecule has 0 saturated carbocycles. The monoisotopic (exact) mass is 233 g/mol. The van der Waals surface area contributed by atoms with E-state index in [1.807, 2.05) is 0 Å². The summed E-state index contributed by atoms with van der Waals surface area (Å²) < 4.78 is 0. The number of aromatic nitrogens is 1. The predicted molar refractivity (Wildman–Crippen MR) is 55.8 cm³/mol. The molecular formula is C7H8ClN3O2S. The van der Waals surface area contributed by atoms with Crippen molar-refractivity contribution in [2.24, 2.45) is 5.16 Å². The zero-order valence-corrected chi connectivity index (χ0v) is 8.72. The van der Waals surface area contributed by atoms with E-state index in [4.69, 9.17) is 22.2 Å². The number of rotatable bonds is 5. The van der Waals surface area contributed by atoms with E-state index in [9.17, 15) is 4.79 Å². The maximum Gasteiger partial charge on any atom is 0.180 e. The van der Waals surface area contributed by atoms with Crippen molar-refractivity contribution >= 4 is 40.1 Å². The molecule has 0 saturated heterocycles. The quantitative estimate of drug-likeness (QED) is 0.269. The summed E-state index contributed by atoms with van der Waals surface area (Å²) in [4.78, 5) is 19.2.